The molecule has 3 heteroatoms. The number of rotatable bonds is 5. The van der Waals surface area contributed by atoms with Crippen LogP contribution < -0.4 is 5.32 Å². The maximum atomic E-state index is 12.3. The first-order valence-corrected chi connectivity index (χ1v) is 7.81. The standard InChI is InChI=1S/C21H19NO2/c1-24-15-16-7-9-19(10-8-16)21(23)22-20-13-11-18(12-14-20)17-5-3-2-4-6-17/h2-14H,15H2,1H3,(H,22,23). The molecule has 0 heterocycles. The molecule has 3 nitrogen and oxygen atoms in total. The van der Waals surface area contributed by atoms with Gasteiger partial charge in [0, 0.05) is 18.4 Å². The molecule has 0 radical (unpaired) electrons. The fraction of sp³-hybridized carbons (Fsp3) is 0.0952. The summed E-state index contributed by atoms with van der Waals surface area (Å²) in [5.74, 6) is -0.119. The molecule has 0 unspecified atom stereocenters. The van der Waals surface area contributed by atoms with E-state index < -0.39 is 0 Å². The van der Waals surface area contributed by atoms with Crippen LogP contribution in [0.5, 0.6) is 0 Å². The number of methoxy groups -OCH3 is 1. The smallest absolute Gasteiger partial charge is 0.255 e. The second-order valence-corrected chi connectivity index (χ2v) is 5.53. The van der Waals surface area contributed by atoms with Crippen molar-refractivity contribution < 1.29 is 9.53 Å². The first-order valence-electron chi connectivity index (χ1n) is 7.81. The Hall–Kier alpha value is -2.91. The van der Waals surface area contributed by atoms with Gasteiger partial charge < -0.3 is 10.1 Å². The minimum atomic E-state index is -0.119. The Morgan fingerprint density at radius 1 is 0.833 bits per heavy atom. The molecule has 3 aromatic rings. The molecule has 3 aromatic carbocycles. The Morgan fingerprint density at radius 3 is 2.08 bits per heavy atom. The molecule has 0 atom stereocenters. The zero-order valence-electron chi connectivity index (χ0n) is 13.5. The van der Waals surface area contributed by atoms with Gasteiger partial charge in [0.1, 0.15) is 0 Å². The number of ether oxygens (including phenoxy) is 1. The van der Waals surface area contributed by atoms with Crippen LogP contribution in [0.1, 0.15) is 15.9 Å². The average Bonchev–Trinajstić information content (AvgIpc) is 2.64. The number of benzene rings is 3. The highest BCUT2D eigenvalue weighted by Gasteiger charge is 2.06. The van der Waals surface area contributed by atoms with Crippen LogP contribution >= 0.6 is 0 Å². The Balaban J connectivity index is 1.68. The molecular formula is C21H19NO2. The van der Waals surface area contributed by atoms with Crippen LogP contribution in [0.2, 0.25) is 0 Å². The highest BCUT2D eigenvalue weighted by atomic mass is 16.5. The first kappa shape index (κ1) is 16.0. The highest BCUT2D eigenvalue weighted by Crippen LogP contribution is 2.21. The quantitative estimate of drug-likeness (QED) is 0.737. The topological polar surface area (TPSA) is 38.3 Å². The minimum Gasteiger partial charge on any atom is -0.380 e. The predicted molar refractivity (Wildman–Crippen MR) is 97.0 cm³/mol. The Morgan fingerprint density at radius 2 is 1.46 bits per heavy atom. The fourth-order valence-corrected chi connectivity index (χ4v) is 2.50. The van der Waals surface area contributed by atoms with E-state index in [4.69, 9.17) is 4.74 Å². The van der Waals surface area contributed by atoms with Crippen LogP contribution in [-0.2, 0) is 11.3 Å². The highest BCUT2D eigenvalue weighted by molar-refractivity contribution is 6.04. The number of anilines is 1. The summed E-state index contributed by atoms with van der Waals surface area (Å²) in [5, 5.41) is 2.92. The molecule has 1 N–H and O–H groups in total. The summed E-state index contributed by atoms with van der Waals surface area (Å²) >= 11 is 0. The van der Waals surface area contributed by atoms with Crippen molar-refractivity contribution >= 4 is 11.6 Å². The van der Waals surface area contributed by atoms with Gasteiger partial charge in [-0.3, -0.25) is 4.79 Å². The Bertz CT molecular complexity index is 794. The molecule has 0 spiro atoms. The van der Waals surface area contributed by atoms with E-state index in [2.05, 4.69) is 17.4 Å². The molecule has 0 bridgehead atoms. The summed E-state index contributed by atoms with van der Waals surface area (Å²) in [6.45, 7) is 0.544. The van der Waals surface area contributed by atoms with Gasteiger partial charge in [0.05, 0.1) is 6.61 Å². The molecule has 3 rings (SSSR count). The first-order chi connectivity index (χ1) is 11.8. The van der Waals surface area contributed by atoms with Gasteiger partial charge in [-0.05, 0) is 41.0 Å². The molecule has 1 amide bonds. The van der Waals surface area contributed by atoms with Crippen molar-refractivity contribution in [2.24, 2.45) is 0 Å². The number of amides is 1. The van der Waals surface area contributed by atoms with Crippen LogP contribution in [-0.4, -0.2) is 13.0 Å². The van der Waals surface area contributed by atoms with E-state index in [1.807, 2.05) is 66.7 Å². The molecule has 0 aromatic heterocycles. The molecule has 120 valence electrons. The van der Waals surface area contributed by atoms with Gasteiger partial charge in [-0.1, -0.05) is 54.6 Å². The molecule has 0 aliphatic heterocycles. The largest absolute Gasteiger partial charge is 0.380 e. The molecule has 0 saturated heterocycles. The molecule has 24 heavy (non-hydrogen) atoms. The van der Waals surface area contributed by atoms with Crippen molar-refractivity contribution in [3.8, 4) is 11.1 Å². The normalized spacial score (nSPS) is 10.4. The van der Waals surface area contributed by atoms with Gasteiger partial charge in [0.25, 0.3) is 5.91 Å². The second-order valence-electron chi connectivity index (χ2n) is 5.53. The molecular weight excluding hydrogens is 298 g/mol. The lowest BCUT2D eigenvalue weighted by Gasteiger charge is -2.08. The SMILES string of the molecule is COCc1ccc(C(=O)Nc2ccc(-c3ccccc3)cc2)cc1. The maximum absolute atomic E-state index is 12.3. The van der Waals surface area contributed by atoms with Crippen molar-refractivity contribution in [3.05, 3.63) is 90.0 Å². The van der Waals surface area contributed by atoms with E-state index in [0.29, 0.717) is 12.2 Å². The number of carbonyl (C=O) groups is 1. The van der Waals surface area contributed by atoms with E-state index >= 15 is 0 Å². The summed E-state index contributed by atoms with van der Waals surface area (Å²) in [7, 11) is 1.65. The molecule has 0 saturated carbocycles. The molecule has 0 aliphatic rings. The van der Waals surface area contributed by atoms with Crippen molar-refractivity contribution in [1.29, 1.82) is 0 Å². The number of nitrogens with one attached hydrogen (secondary N) is 1. The van der Waals surface area contributed by atoms with Crippen molar-refractivity contribution in [3.63, 3.8) is 0 Å². The van der Waals surface area contributed by atoms with Gasteiger partial charge in [0.15, 0.2) is 0 Å². The average molecular weight is 317 g/mol. The minimum absolute atomic E-state index is 0.119. The zero-order valence-corrected chi connectivity index (χ0v) is 13.5. The fourth-order valence-electron chi connectivity index (χ4n) is 2.50. The summed E-state index contributed by atoms with van der Waals surface area (Å²) < 4.78 is 5.07. The zero-order chi connectivity index (χ0) is 16.8. The summed E-state index contributed by atoms with van der Waals surface area (Å²) in [4.78, 5) is 12.3. The van der Waals surface area contributed by atoms with Crippen LogP contribution in [0.3, 0.4) is 0 Å². The molecule has 0 aliphatic carbocycles. The lowest BCUT2D eigenvalue weighted by Crippen LogP contribution is -2.11. The van der Waals surface area contributed by atoms with Crippen LogP contribution in [0.4, 0.5) is 5.69 Å². The van der Waals surface area contributed by atoms with Crippen molar-refractivity contribution in [1.82, 2.24) is 0 Å². The van der Waals surface area contributed by atoms with E-state index in [1.54, 1.807) is 7.11 Å². The summed E-state index contributed by atoms with van der Waals surface area (Å²) in [6, 6.07) is 25.4. The monoisotopic (exact) mass is 317 g/mol. The number of carbonyl (C=O) groups excluding carboxylic acids is 1. The van der Waals surface area contributed by atoms with Gasteiger partial charge in [-0.15, -0.1) is 0 Å². The summed E-state index contributed by atoms with van der Waals surface area (Å²) in [6.07, 6.45) is 0. The van der Waals surface area contributed by atoms with E-state index in [1.165, 1.54) is 0 Å². The summed E-state index contributed by atoms with van der Waals surface area (Å²) in [5.41, 5.74) is 4.73. The van der Waals surface area contributed by atoms with Crippen LogP contribution in [0.15, 0.2) is 78.9 Å². The lowest BCUT2D eigenvalue weighted by molar-refractivity contribution is 0.102. The van der Waals surface area contributed by atoms with Gasteiger partial charge in [-0.25, -0.2) is 0 Å². The van der Waals surface area contributed by atoms with Gasteiger partial charge in [-0.2, -0.15) is 0 Å². The maximum Gasteiger partial charge on any atom is 0.255 e. The predicted octanol–water partition coefficient (Wildman–Crippen LogP) is 4.75. The van der Waals surface area contributed by atoms with E-state index in [0.717, 1.165) is 22.4 Å². The number of hydrogen-bond donors (Lipinski definition) is 1. The van der Waals surface area contributed by atoms with Gasteiger partial charge >= 0.3 is 0 Å². The third-order valence-electron chi connectivity index (χ3n) is 3.78. The van der Waals surface area contributed by atoms with Crippen LogP contribution in [0.25, 0.3) is 11.1 Å². The Labute approximate surface area is 141 Å². The third kappa shape index (κ3) is 3.89. The Kier molecular flexibility index (Phi) is 5.04. The number of hydrogen-bond acceptors (Lipinski definition) is 2. The molecule has 0 fully saturated rings. The second kappa shape index (κ2) is 7.57. The van der Waals surface area contributed by atoms with Gasteiger partial charge in [0.2, 0.25) is 0 Å². The third-order valence-corrected chi connectivity index (χ3v) is 3.78. The van der Waals surface area contributed by atoms with Crippen LogP contribution in [0, 0.1) is 0 Å². The lowest BCUT2D eigenvalue weighted by atomic mass is 10.1. The van der Waals surface area contributed by atoms with Crippen molar-refractivity contribution in [2.75, 3.05) is 12.4 Å². The van der Waals surface area contributed by atoms with Crippen molar-refractivity contribution in [2.45, 2.75) is 6.61 Å². The van der Waals surface area contributed by atoms with E-state index in [9.17, 15) is 4.79 Å². The van der Waals surface area contributed by atoms with E-state index in [-0.39, 0.29) is 5.91 Å².